The van der Waals surface area contributed by atoms with E-state index in [0.717, 1.165) is 19.3 Å². The third-order valence-corrected chi connectivity index (χ3v) is 5.95. The standard InChI is InChI=1S/C24H43N3O4S/c1-5-6-7-8-9-10-11-12-13-14-17-31-20(28)18-19-21(29)25-15-16-27(19)23(32)26-22(30)24(2,3)4/h19H,5-18H2,1-4H3,(H,25,29)(H,26,30,32). The first kappa shape index (κ1) is 28.3. The third-order valence-electron chi connectivity index (χ3n) is 5.61. The lowest BCUT2D eigenvalue weighted by Gasteiger charge is -2.36. The van der Waals surface area contributed by atoms with E-state index in [1.807, 2.05) is 0 Å². The molecule has 1 rings (SSSR count). The smallest absolute Gasteiger partial charge is 0.308 e. The summed E-state index contributed by atoms with van der Waals surface area (Å²) in [7, 11) is 0. The Morgan fingerprint density at radius 2 is 1.62 bits per heavy atom. The number of amides is 2. The van der Waals surface area contributed by atoms with Gasteiger partial charge >= 0.3 is 5.97 Å². The molecular weight excluding hydrogens is 426 g/mol. The van der Waals surface area contributed by atoms with E-state index in [-0.39, 0.29) is 23.3 Å². The van der Waals surface area contributed by atoms with Crippen molar-refractivity contribution in [1.29, 1.82) is 0 Å². The fraction of sp³-hybridized carbons (Fsp3) is 0.833. The van der Waals surface area contributed by atoms with Crippen LogP contribution in [0.4, 0.5) is 0 Å². The molecule has 2 N–H and O–H groups in total. The molecule has 32 heavy (non-hydrogen) atoms. The van der Waals surface area contributed by atoms with E-state index in [1.165, 1.54) is 44.9 Å². The van der Waals surface area contributed by atoms with Gasteiger partial charge in [-0.2, -0.15) is 0 Å². The van der Waals surface area contributed by atoms with Crippen molar-refractivity contribution in [3.63, 3.8) is 0 Å². The SMILES string of the molecule is CCCCCCCCCCCCOC(=O)CC1C(=O)NCCN1C(=S)NC(=O)C(C)(C)C. The molecule has 1 aliphatic heterocycles. The van der Waals surface area contributed by atoms with E-state index in [9.17, 15) is 14.4 Å². The zero-order valence-electron chi connectivity index (χ0n) is 20.5. The predicted octanol–water partition coefficient (Wildman–Crippen LogP) is 4.09. The molecule has 0 saturated carbocycles. The molecule has 0 aromatic heterocycles. The number of ether oxygens (including phenoxy) is 1. The van der Waals surface area contributed by atoms with Gasteiger partial charge in [-0.3, -0.25) is 14.4 Å². The molecule has 0 spiro atoms. The highest BCUT2D eigenvalue weighted by Crippen LogP contribution is 2.15. The maximum atomic E-state index is 12.4. The lowest BCUT2D eigenvalue weighted by molar-refractivity contribution is -0.147. The lowest BCUT2D eigenvalue weighted by Crippen LogP contribution is -2.61. The molecular formula is C24H43N3O4S. The molecule has 7 nitrogen and oxygen atoms in total. The van der Waals surface area contributed by atoms with Crippen LogP contribution >= 0.6 is 12.2 Å². The van der Waals surface area contributed by atoms with Crippen LogP contribution in [0.25, 0.3) is 0 Å². The molecule has 0 aromatic rings. The largest absolute Gasteiger partial charge is 0.466 e. The fourth-order valence-electron chi connectivity index (χ4n) is 3.51. The molecule has 2 amide bonds. The number of rotatable bonds is 13. The monoisotopic (exact) mass is 469 g/mol. The van der Waals surface area contributed by atoms with Crippen molar-refractivity contribution in [3.8, 4) is 0 Å². The molecule has 1 atom stereocenters. The zero-order chi connectivity index (χ0) is 24.0. The number of nitrogens with zero attached hydrogens (tertiary/aromatic N) is 1. The van der Waals surface area contributed by atoms with Gasteiger partial charge in [-0.25, -0.2) is 0 Å². The van der Waals surface area contributed by atoms with Crippen molar-refractivity contribution in [2.45, 2.75) is 104 Å². The minimum Gasteiger partial charge on any atom is -0.466 e. The molecule has 1 unspecified atom stereocenters. The first-order valence-electron chi connectivity index (χ1n) is 12.2. The molecule has 184 valence electrons. The number of thiocarbonyl (C=S) groups is 1. The Morgan fingerprint density at radius 3 is 2.19 bits per heavy atom. The Bertz CT molecular complexity index is 619. The molecule has 0 aromatic carbocycles. The molecule has 0 radical (unpaired) electrons. The quantitative estimate of drug-likeness (QED) is 0.240. The molecule has 0 bridgehead atoms. The summed E-state index contributed by atoms with van der Waals surface area (Å²) in [5.41, 5.74) is -0.606. The number of esters is 1. The van der Waals surface area contributed by atoms with Gasteiger partial charge in [0.1, 0.15) is 6.04 Å². The first-order valence-corrected chi connectivity index (χ1v) is 12.6. The number of piperazine rings is 1. The Hall–Kier alpha value is -1.70. The van der Waals surface area contributed by atoms with Crippen molar-refractivity contribution in [3.05, 3.63) is 0 Å². The minimum absolute atomic E-state index is 0.0882. The third kappa shape index (κ3) is 11.2. The molecule has 8 heteroatoms. The second-order valence-corrected chi connectivity index (χ2v) is 10.0. The molecule has 1 aliphatic rings. The summed E-state index contributed by atoms with van der Waals surface area (Å²) in [6, 6.07) is -0.767. The van der Waals surface area contributed by atoms with Crippen molar-refractivity contribution >= 4 is 35.1 Å². The van der Waals surface area contributed by atoms with Crippen molar-refractivity contribution in [2.75, 3.05) is 19.7 Å². The number of hydrogen-bond acceptors (Lipinski definition) is 5. The Labute approximate surface area is 199 Å². The van der Waals surface area contributed by atoms with Gasteiger partial charge in [0.05, 0.1) is 13.0 Å². The second-order valence-electron chi connectivity index (χ2n) is 9.62. The number of carbonyl (C=O) groups excluding carboxylic acids is 3. The number of carbonyl (C=O) groups is 3. The highest BCUT2D eigenvalue weighted by molar-refractivity contribution is 7.80. The average Bonchev–Trinajstić information content (AvgIpc) is 2.72. The van der Waals surface area contributed by atoms with Crippen LogP contribution in [-0.4, -0.2) is 53.5 Å². The maximum Gasteiger partial charge on any atom is 0.308 e. The number of unbranched alkanes of at least 4 members (excludes halogenated alkanes) is 9. The Kier molecular flexibility index (Phi) is 13.5. The van der Waals surface area contributed by atoms with E-state index in [0.29, 0.717) is 19.7 Å². The van der Waals surface area contributed by atoms with Crippen LogP contribution in [0, 0.1) is 5.41 Å². The Balaban J connectivity index is 2.31. The van der Waals surface area contributed by atoms with Gasteiger partial charge in [-0.1, -0.05) is 85.5 Å². The summed E-state index contributed by atoms with van der Waals surface area (Å²) >= 11 is 5.35. The molecule has 1 fully saturated rings. The van der Waals surface area contributed by atoms with Gasteiger partial charge < -0.3 is 20.3 Å². The summed E-state index contributed by atoms with van der Waals surface area (Å²) in [6.45, 7) is 8.81. The van der Waals surface area contributed by atoms with E-state index >= 15 is 0 Å². The van der Waals surface area contributed by atoms with E-state index in [4.69, 9.17) is 17.0 Å². The van der Waals surface area contributed by atoms with Crippen LogP contribution in [0.3, 0.4) is 0 Å². The highest BCUT2D eigenvalue weighted by Gasteiger charge is 2.35. The summed E-state index contributed by atoms with van der Waals surface area (Å²) < 4.78 is 5.35. The van der Waals surface area contributed by atoms with Gasteiger partial charge in [0.2, 0.25) is 11.8 Å². The highest BCUT2D eigenvalue weighted by atomic mass is 32.1. The van der Waals surface area contributed by atoms with Crippen LogP contribution in [0.15, 0.2) is 0 Å². The normalized spacial score (nSPS) is 16.4. The second kappa shape index (κ2) is 15.2. The molecule has 1 heterocycles. The topological polar surface area (TPSA) is 87.7 Å². The van der Waals surface area contributed by atoms with Crippen LogP contribution in [0.5, 0.6) is 0 Å². The first-order chi connectivity index (χ1) is 15.2. The zero-order valence-corrected chi connectivity index (χ0v) is 21.3. The van der Waals surface area contributed by atoms with E-state index in [1.54, 1.807) is 25.7 Å². The average molecular weight is 470 g/mol. The van der Waals surface area contributed by atoms with Gasteiger partial charge in [-0.05, 0) is 18.6 Å². The van der Waals surface area contributed by atoms with E-state index < -0.39 is 17.4 Å². The number of hydrogen-bond donors (Lipinski definition) is 2. The van der Waals surface area contributed by atoms with Crippen LogP contribution in [-0.2, 0) is 19.1 Å². The van der Waals surface area contributed by atoms with Crippen LogP contribution in [0.2, 0.25) is 0 Å². The predicted molar refractivity (Wildman–Crippen MR) is 131 cm³/mol. The Morgan fingerprint density at radius 1 is 1.06 bits per heavy atom. The lowest BCUT2D eigenvalue weighted by atomic mass is 9.96. The summed E-state index contributed by atoms with van der Waals surface area (Å²) in [4.78, 5) is 38.5. The number of nitrogens with one attached hydrogen (secondary N) is 2. The van der Waals surface area contributed by atoms with Gasteiger partial charge in [0.25, 0.3) is 0 Å². The van der Waals surface area contributed by atoms with Gasteiger partial charge in [0.15, 0.2) is 5.11 Å². The van der Waals surface area contributed by atoms with Gasteiger partial charge in [0, 0.05) is 18.5 Å². The molecule has 1 saturated heterocycles. The van der Waals surface area contributed by atoms with Crippen molar-refractivity contribution < 1.29 is 19.1 Å². The van der Waals surface area contributed by atoms with E-state index in [2.05, 4.69) is 17.6 Å². The summed E-state index contributed by atoms with van der Waals surface area (Å²) in [5.74, 6) is -0.923. The summed E-state index contributed by atoms with van der Waals surface area (Å²) in [6.07, 6.45) is 12.1. The van der Waals surface area contributed by atoms with Crippen molar-refractivity contribution in [2.24, 2.45) is 5.41 Å². The van der Waals surface area contributed by atoms with Crippen molar-refractivity contribution in [1.82, 2.24) is 15.5 Å². The van der Waals surface area contributed by atoms with Crippen LogP contribution in [0.1, 0.15) is 98.3 Å². The summed E-state index contributed by atoms with van der Waals surface area (Å²) in [5, 5.41) is 5.62. The molecule has 0 aliphatic carbocycles. The maximum absolute atomic E-state index is 12.4. The van der Waals surface area contributed by atoms with Crippen LogP contribution < -0.4 is 10.6 Å². The fourth-order valence-corrected chi connectivity index (χ4v) is 3.82. The minimum atomic E-state index is -0.767. The van der Waals surface area contributed by atoms with Gasteiger partial charge in [-0.15, -0.1) is 0 Å².